The number of thiophene rings is 1. The van der Waals surface area contributed by atoms with E-state index in [0.717, 1.165) is 11.3 Å². The molecule has 0 amide bonds. The van der Waals surface area contributed by atoms with Crippen LogP contribution in [0.5, 0.6) is 0 Å². The van der Waals surface area contributed by atoms with Crippen molar-refractivity contribution in [1.29, 1.82) is 0 Å². The molecule has 1 rings (SSSR count). The normalized spacial score (nSPS) is 11.9. The number of rotatable bonds is 8. The summed E-state index contributed by atoms with van der Waals surface area (Å²) in [5.41, 5.74) is -0.0175. The van der Waals surface area contributed by atoms with Gasteiger partial charge in [0.2, 0.25) is 5.70 Å². The van der Waals surface area contributed by atoms with Crippen molar-refractivity contribution in [2.75, 3.05) is 19.8 Å². The standard InChI is InChI=1S/C17H22N2O7S/c1-6-24-15(21)11-9(4)13(17(23)26-8-3)27-14(11)19-18-12(10(5)20)16(22)25-7-2/h20H,6-8H2,1-5H3/b12-10+,19-18?. The summed E-state index contributed by atoms with van der Waals surface area (Å²) in [6.07, 6.45) is 0. The van der Waals surface area contributed by atoms with Crippen LogP contribution >= 0.6 is 11.3 Å². The minimum absolute atomic E-state index is 0.0486. The highest BCUT2D eigenvalue weighted by Crippen LogP contribution is 2.37. The molecule has 27 heavy (non-hydrogen) atoms. The lowest BCUT2D eigenvalue weighted by Crippen LogP contribution is -2.08. The molecule has 1 aromatic heterocycles. The number of hydrogen-bond donors (Lipinski definition) is 1. The number of esters is 3. The molecule has 0 aliphatic carbocycles. The van der Waals surface area contributed by atoms with Gasteiger partial charge in [0, 0.05) is 0 Å². The summed E-state index contributed by atoms with van der Waals surface area (Å²) in [6.45, 7) is 8.10. The predicted octanol–water partition coefficient (Wildman–Crippen LogP) is 3.85. The van der Waals surface area contributed by atoms with Crippen LogP contribution in [0.2, 0.25) is 0 Å². The fraction of sp³-hybridized carbons (Fsp3) is 0.471. The molecule has 1 N–H and O–H groups in total. The number of carbonyl (C=O) groups excluding carboxylic acids is 3. The van der Waals surface area contributed by atoms with Crippen molar-refractivity contribution >= 4 is 34.2 Å². The highest BCUT2D eigenvalue weighted by Gasteiger charge is 2.27. The zero-order valence-electron chi connectivity index (χ0n) is 15.8. The lowest BCUT2D eigenvalue weighted by atomic mass is 10.1. The van der Waals surface area contributed by atoms with Gasteiger partial charge in [0.05, 0.1) is 19.8 Å². The first kappa shape index (κ1) is 22.3. The Balaban J connectivity index is 3.41. The van der Waals surface area contributed by atoms with Crippen molar-refractivity contribution < 1.29 is 33.7 Å². The second-order valence-corrected chi connectivity index (χ2v) is 6.03. The van der Waals surface area contributed by atoms with Crippen LogP contribution in [0.3, 0.4) is 0 Å². The van der Waals surface area contributed by atoms with Gasteiger partial charge >= 0.3 is 17.9 Å². The maximum absolute atomic E-state index is 12.3. The van der Waals surface area contributed by atoms with Crippen LogP contribution in [0.1, 0.15) is 53.3 Å². The van der Waals surface area contributed by atoms with E-state index in [0.29, 0.717) is 5.56 Å². The van der Waals surface area contributed by atoms with E-state index in [1.165, 1.54) is 6.92 Å². The van der Waals surface area contributed by atoms with E-state index in [1.807, 2.05) is 0 Å². The number of allylic oxidation sites excluding steroid dienone is 1. The van der Waals surface area contributed by atoms with Crippen molar-refractivity contribution in [1.82, 2.24) is 0 Å². The molecule has 0 atom stereocenters. The molecular weight excluding hydrogens is 376 g/mol. The molecule has 0 unspecified atom stereocenters. The van der Waals surface area contributed by atoms with Crippen LogP contribution in [0.15, 0.2) is 21.7 Å². The molecule has 9 nitrogen and oxygen atoms in total. The van der Waals surface area contributed by atoms with Crippen LogP contribution in [-0.4, -0.2) is 42.8 Å². The van der Waals surface area contributed by atoms with Crippen molar-refractivity contribution in [3.05, 3.63) is 27.5 Å². The van der Waals surface area contributed by atoms with E-state index in [-0.39, 0.29) is 35.3 Å². The van der Waals surface area contributed by atoms with E-state index in [2.05, 4.69) is 10.2 Å². The largest absolute Gasteiger partial charge is 0.510 e. The van der Waals surface area contributed by atoms with E-state index in [4.69, 9.17) is 14.2 Å². The van der Waals surface area contributed by atoms with Gasteiger partial charge in [0.15, 0.2) is 5.00 Å². The molecule has 0 aliphatic rings. The van der Waals surface area contributed by atoms with Gasteiger partial charge in [-0.15, -0.1) is 21.6 Å². The summed E-state index contributed by atoms with van der Waals surface area (Å²) in [5.74, 6) is -2.55. The summed E-state index contributed by atoms with van der Waals surface area (Å²) in [7, 11) is 0. The quantitative estimate of drug-likeness (QED) is 0.232. The zero-order chi connectivity index (χ0) is 20.6. The average molecular weight is 398 g/mol. The Kier molecular flexibility index (Phi) is 8.60. The maximum Gasteiger partial charge on any atom is 0.362 e. The Hall–Kier alpha value is -2.75. The van der Waals surface area contributed by atoms with Crippen molar-refractivity contribution in [3.63, 3.8) is 0 Å². The van der Waals surface area contributed by atoms with Gasteiger partial charge < -0.3 is 19.3 Å². The smallest absolute Gasteiger partial charge is 0.362 e. The van der Waals surface area contributed by atoms with E-state index < -0.39 is 29.4 Å². The minimum atomic E-state index is -0.863. The van der Waals surface area contributed by atoms with E-state index in [9.17, 15) is 19.5 Å². The Morgan fingerprint density at radius 1 is 1.00 bits per heavy atom. The number of carbonyl (C=O) groups is 3. The Bertz CT molecular complexity index is 776. The average Bonchev–Trinajstić information content (AvgIpc) is 2.92. The van der Waals surface area contributed by atoms with E-state index >= 15 is 0 Å². The monoisotopic (exact) mass is 398 g/mol. The second kappa shape index (κ2) is 10.4. The second-order valence-electron chi connectivity index (χ2n) is 5.03. The van der Waals surface area contributed by atoms with Gasteiger partial charge in [-0.1, -0.05) is 0 Å². The molecule has 0 saturated carbocycles. The van der Waals surface area contributed by atoms with Crippen molar-refractivity contribution in [3.8, 4) is 0 Å². The summed E-state index contributed by atoms with van der Waals surface area (Å²) in [4.78, 5) is 36.4. The zero-order valence-corrected chi connectivity index (χ0v) is 16.6. The summed E-state index contributed by atoms with van der Waals surface area (Å²) in [6, 6.07) is 0. The van der Waals surface area contributed by atoms with Crippen LogP contribution < -0.4 is 0 Å². The molecule has 0 fully saturated rings. The number of azo groups is 1. The molecule has 0 spiro atoms. The van der Waals surface area contributed by atoms with Crippen molar-refractivity contribution in [2.24, 2.45) is 10.2 Å². The molecule has 0 saturated heterocycles. The number of aliphatic hydroxyl groups is 1. The van der Waals surface area contributed by atoms with Gasteiger partial charge in [0.25, 0.3) is 0 Å². The van der Waals surface area contributed by atoms with Gasteiger partial charge in [-0.2, -0.15) is 0 Å². The molecule has 10 heteroatoms. The first-order chi connectivity index (χ1) is 12.8. The number of aliphatic hydroxyl groups excluding tert-OH is 1. The van der Waals surface area contributed by atoms with Crippen LogP contribution in [0.25, 0.3) is 0 Å². The van der Waals surface area contributed by atoms with Crippen LogP contribution in [0.4, 0.5) is 5.00 Å². The molecule has 1 aromatic rings. The number of ether oxygens (including phenoxy) is 3. The lowest BCUT2D eigenvalue weighted by molar-refractivity contribution is -0.138. The SMILES string of the molecule is CCOC(=O)/C(N=Nc1sc(C(=O)OCC)c(C)c1C(=O)OCC)=C(/C)O. The molecule has 0 aliphatic heterocycles. The van der Waals surface area contributed by atoms with Gasteiger partial charge in [-0.05, 0) is 40.2 Å². The van der Waals surface area contributed by atoms with Crippen molar-refractivity contribution in [2.45, 2.75) is 34.6 Å². The van der Waals surface area contributed by atoms with Crippen LogP contribution in [-0.2, 0) is 19.0 Å². The molecule has 148 valence electrons. The minimum Gasteiger partial charge on any atom is -0.510 e. The van der Waals surface area contributed by atoms with Gasteiger partial charge in [-0.3, -0.25) is 0 Å². The molecule has 0 aromatic carbocycles. The third-order valence-corrected chi connectivity index (χ3v) is 4.28. The van der Waals surface area contributed by atoms with E-state index in [1.54, 1.807) is 27.7 Å². The third kappa shape index (κ3) is 5.61. The topological polar surface area (TPSA) is 124 Å². The Labute approximate surface area is 160 Å². The molecular formula is C17H22N2O7S. The first-order valence-electron chi connectivity index (χ1n) is 8.24. The number of hydrogen-bond acceptors (Lipinski definition) is 10. The Morgan fingerprint density at radius 3 is 2.07 bits per heavy atom. The highest BCUT2D eigenvalue weighted by atomic mass is 32.1. The lowest BCUT2D eigenvalue weighted by Gasteiger charge is -2.03. The Morgan fingerprint density at radius 2 is 1.56 bits per heavy atom. The fourth-order valence-corrected chi connectivity index (χ4v) is 2.97. The third-order valence-electron chi connectivity index (χ3n) is 3.12. The summed E-state index contributed by atoms with van der Waals surface area (Å²) in [5, 5.41) is 17.3. The molecule has 0 bridgehead atoms. The van der Waals surface area contributed by atoms with Gasteiger partial charge in [0.1, 0.15) is 16.2 Å². The predicted molar refractivity (Wildman–Crippen MR) is 97.4 cm³/mol. The number of nitrogens with zero attached hydrogens (tertiary/aromatic N) is 2. The highest BCUT2D eigenvalue weighted by molar-refractivity contribution is 7.18. The fourth-order valence-electron chi connectivity index (χ4n) is 1.96. The summed E-state index contributed by atoms with van der Waals surface area (Å²) < 4.78 is 14.8. The maximum atomic E-state index is 12.3. The van der Waals surface area contributed by atoms with Gasteiger partial charge in [-0.25, -0.2) is 14.4 Å². The van der Waals surface area contributed by atoms with Crippen LogP contribution in [0, 0.1) is 6.92 Å². The molecule has 1 heterocycles. The first-order valence-corrected chi connectivity index (χ1v) is 9.06. The molecule has 0 radical (unpaired) electrons. The summed E-state index contributed by atoms with van der Waals surface area (Å²) >= 11 is 0.875.